The quantitative estimate of drug-likeness (QED) is 0.859. The standard InChI is InChI=1S/C18H24N4O/c1-23-16-5-3-2-4-15(16)18(7-8-18)13-19-10-14-11-20-17-6-9-21-22(17)12-14/h2-6,9,14,19-20H,7-8,10-13H2,1H3/t14-/m0/s1. The van der Waals surface area contributed by atoms with Crippen molar-refractivity contribution in [3.05, 3.63) is 42.1 Å². The van der Waals surface area contributed by atoms with Crippen molar-refractivity contribution in [1.29, 1.82) is 0 Å². The van der Waals surface area contributed by atoms with E-state index < -0.39 is 0 Å². The van der Waals surface area contributed by atoms with Crippen LogP contribution >= 0.6 is 0 Å². The molecule has 2 N–H and O–H groups in total. The van der Waals surface area contributed by atoms with Crippen LogP contribution in [0.2, 0.25) is 0 Å². The molecular weight excluding hydrogens is 288 g/mol. The van der Waals surface area contributed by atoms with Crippen molar-refractivity contribution in [1.82, 2.24) is 15.1 Å². The average molecular weight is 312 g/mol. The maximum Gasteiger partial charge on any atom is 0.124 e. The molecule has 1 aliphatic carbocycles. The van der Waals surface area contributed by atoms with E-state index in [-0.39, 0.29) is 5.41 Å². The Balaban J connectivity index is 1.35. The second-order valence-corrected chi connectivity index (χ2v) is 6.76. The van der Waals surface area contributed by atoms with Gasteiger partial charge in [-0.1, -0.05) is 18.2 Å². The van der Waals surface area contributed by atoms with Gasteiger partial charge in [0.2, 0.25) is 0 Å². The van der Waals surface area contributed by atoms with Gasteiger partial charge in [-0.15, -0.1) is 0 Å². The van der Waals surface area contributed by atoms with Crippen LogP contribution in [0.5, 0.6) is 5.75 Å². The van der Waals surface area contributed by atoms with Crippen LogP contribution in [-0.4, -0.2) is 36.5 Å². The molecule has 0 spiro atoms. The topological polar surface area (TPSA) is 51.1 Å². The molecule has 0 radical (unpaired) electrons. The van der Waals surface area contributed by atoms with E-state index in [4.69, 9.17) is 4.74 Å². The molecule has 1 aromatic heterocycles. The summed E-state index contributed by atoms with van der Waals surface area (Å²) in [6, 6.07) is 10.5. The Bertz CT molecular complexity index is 677. The third-order valence-electron chi connectivity index (χ3n) is 5.15. The molecule has 2 aliphatic rings. The normalized spacial score (nSPS) is 21.3. The summed E-state index contributed by atoms with van der Waals surface area (Å²) in [5, 5.41) is 11.5. The molecule has 5 nitrogen and oxygen atoms in total. The second-order valence-electron chi connectivity index (χ2n) is 6.76. The van der Waals surface area contributed by atoms with Gasteiger partial charge in [0.05, 0.1) is 13.3 Å². The number of ether oxygens (including phenoxy) is 1. The lowest BCUT2D eigenvalue weighted by Gasteiger charge is -2.26. The van der Waals surface area contributed by atoms with Crippen LogP contribution in [0.3, 0.4) is 0 Å². The zero-order valence-corrected chi connectivity index (χ0v) is 13.6. The van der Waals surface area contributed by atoms with Crippen molar-refractivity contribution in [2.24, 2.45) is 5.92 Å². The Hall–Kier alpha value is -2.01. The summed E-state index contributed by atoms with van der Waals surface area (Å²) in [7, 11) is 1.76. The highest BCUT2D eigenvalue weighted by atomic mass is 16.5. The maximum absolute atomic E-state index is 5.55. The third kappa shape index (κ3) is 2.81. The molecule has 2 heterocycles. The smallest absolute Gasteiger partial charge is 0.124 e. The largest absolute Gasteiger partial charge is 0.496 e. The van der Waals surface area contributed by atoms with Crippen molar-refractivity contribution in [3.63, 3.8) is 0 Å². The highest BCUT2D eigenvalue weighted by Gasteiger charge is 2.45. The minimum absolute atomic E-state index is 0.269. The summed E-state index contributed by atoms with van der Waals surface area (Å²) < 4.78 is 7.61. The third-order valence-corrected chi connectivity index (χ3v) is 5.15. The van der Waals surface area contributed by atoms with Gasteiger partial charge in [0.1, 0.15) is 11.6 Å². The van der Waals surface area contributed by atoms with Gasteiger partial charge in [0, 0.05) is 49.1 Å². The number of hydrogen-bond donors (Lipinski definition) is 2. The molecule has 1 atom stereocenters. The fourth-order valence-electron chi connectivity index (χ4n) is 3.61. The van der Waals surface area contributed by atoms with E-state index in [1.165, 1.54) is 18.4 Å². The first-order valence-corrected chi connectivity index (χ1v) is 8.41. The van der Waals surface area contributed by atoms with Gasteiger partial charge in [-0.25, -0.2) is 4.68 Å². The van der Waals surface area contributed by atoms with Crippen molar-refractivity contribution >= 4 is 5.82 Å². The molecule has 1 saturated carbocycles. The molecule has 0 unspecified atom stereocenters. The Morgan fingerprint density at radius 1 is 1.35 bits per heavy atom. The molecule has 1 aromatic carbocycles. The molecular formula is C18H24N4O. The summed E-state index contributed by atoms with van der Waals surface area (Å²) in [4.78, 5) is 0. The predicted molar refractivity (Wildman–Crippen MR) is 91.0 cm³/mol. The highest BCUT2D eigenvalue weighted by molar-refractivity contribution is 5.43. The molecule has 1 fully saturated rings. The minimum atomic E-state index is 0.269. The molecule has 4 rings (SSSR count). The lowest BCUT2D eigenvalue weighted by molar-refractivity contribution is 0.378. The molecule has 0 saturated heterocycles. The number of nitrogens with zero attached hydrogens (tertiary/aromatic N) is 2. The van der Waals surface area contributed by atoms with E-state index in [9.17, 15) is 0 Å². The van der Waals surface area contributed by atoms with Crippen molar-refractivity contribution in [2.75, 3.05) is 32.1 Å². The van der Waals surface area contributed by atoms with E-state index in [0.717, 1.165) is 37.7 Å². The highest BCUT2D eigenvalue weighted by Crippen LogP contribution is 2.50. The van der Waals surface area contributed by atoms with Gasteiger partial charge in [-0.3, -0.25) is 0 Å². The molecule has 5 heteroatoms. The first kappa shape index (κ1) is 14.6. The Morgan fingerprint density at radius 2 is 2.22 bits per heavy atom. The lowest BCUT2D eigenvalue weighted by atomic mass is 9.94. The van der Waals surface area contributed by atoms with Crippen LogP contribution in [0.25, 0.3) is 0 Å². The lowest BCUT2D eigenvalue weighted by Crippen LogP contribution is -2.38. The minimum Gasteiger partial charge on any atom is -0.496 e. The molecule has 0 bridgehead atoms. The number of rotatable bonds is 6. The maximum atomic E-state index is 5.55. The van der Waals surface area contributed by atoms with E-state index in [0.29, 0.717) is 5.92 Å². The van der Waals surface area contributed by atoms with Gasteiger partial charge in [-0.2, -0.15) is 5.10 Å². The molecule has 1 aliphatic heterocycles. The second kappa shape index (κ2) is 5.89. The van der Waals surface area contributed by atoms with Gasteiger partial charge in [0.15, 0.2) is 0 Å². The average Bonchev–Trinajstić information content (AvgIpc) is 3.23. The van der Waals surface area contributed by atoms with Crippen LogP contribution in [-0.2, 0) is 12.0 Å². The zero-order chi connectivity index (χ0) is 15.7. The number of benzene rings is 1. The number of nitrogens with one attached hydrogen (secondary N) is 2. The Labute approximate surface area is 137 Å². The van der Waals surface area contributed by atoms with Crippen molar-refractivity contribution < 1.29 is 4.74 Å². The molecule has 2 aromatic rings. The summed E-state index contributed by atoms with van der Waals surface area (Å²) >= 11 is 0. The SMILES string of the molecule is COc1ccccc1C1(CNC[C@H]2CNc3ccnn3C2)CC1. The van der Waals surface area contributed by atoms with Gasteiger partial charge in [-0.05, 0) is 18.9 Å². The Kier molecular flexibility index (Phi) is 3.73. The van der Waals surface area contributed by atoms with Crippen molar-refractivity contribution in [2.45, 2.75) is 24.8 Å². The van der Waals surface area contributed by atoms with Crippen LogP contribution in [0, 0.1) is 5.92 Å². The van der Waals surface area contributed by atoms with E-state index >= 15 is 0 Å². The molecule has 23 heavy (non-hydrogen) atoms. The van der Waals surface area contributed by atoms with E-state index in [1.54, 1.807) is 7.11 Å². The van der Waals surface area contributed by atoms with E-state index in [1.807, 2.05) is 18.3 Å². The van der Waals surface area contributed by atoms with Gasteiger partial charge >= 0.3 is 0 Å². The zero-order valence-electron chi connectivity index (χ0n) is 13.6. The number of hydrogen-bond acceptors (Lipinski definition) is 4. The summed E-state index contributed by atoms with van der Waals surface area (Å²) in [5.74, 6) is 2.73. The molecule has 122 valence electrons. The van der Waals surface area contributed by atoms with Crippen LogP contribution in [0.15, 0.2) is 36.5 Å². The van der Waals surface area contributed by atoms with Gasteiger partial charge < -0.3 is 15.4 Å². The summed E-state index contributed by atoms with van der Waals surface area (Å²) in [6.07, 6.45) is 4.35. The number of anilines is 1. The monoisotopic (exact) mass is 312 g/mol. The fraction of sp³-hybridized carbons (Fsp3) is 0.500. The summed E-state index contributed by atoms with van der Waals surface area (Å²) in [6.45, 7) is 4.05. The number of methoxy groups -OCH3 is 1. The van der Waals surface area contributed by atoms with E-state index in [2.05, 4.69) is 38.6 Å². The Morgan fingerprint density at radius 3 is 3.04 bits per heavy atom. The molecule has 0 amide bonds. The number of aromatic nitrogens is 2. The fourth-order valence-corrected chi connectivity index (χ4v) is 3.61. The summed E-state index contributed by atoms with van der Waals surface area (Å²) in [5.41, 5.74) is 1.62. The first-order chi connectivity index (χ1) is 11.3. The van der Waals surface area contributed by atoms with Crippen LogP contribution in [0.4, 0.5) is 5.82 Å². The van der Waals surface area contributed by atoms with Gasteiger partial charge in [0.25, 0.3) is 0 Å². The number of para-hydroxylation sites is 1. The van der Waals surface area contributed by atoms with Crippen LogP contribution in [0.1, 0.15) is 18.4 Å². The predicted octanol–water partition coefficient (Wildman–Crippen LogP) is 2.25. The first-order valence-electron chi connectivity index (χ1n) is 8.41. The van der Waals surface area contributed by atoms with Crippen LogP contribution < -0.4 is 15.4 Å². The number of fused-ring (bicyclic) bond motifs is 1. The van der Waals surface area contributed by atoms with Crippen molar-refractivity contribution in [3.8, 4) is 5.75 Å².